The fourth-order valence-electron chi connectivity index (χ4n) is 3.10. The predicted molar refractivity (Wildman–Crippen MR) is 113 cm³/mol. The third-order valence-electron chi connectivity index (χ3n) is 4.73. The molecular weight excluding hydrogens is 384 g/mol. The van der Waals surface area contributed by atoms with Gasteiger partial charge in [-0.3, -0.25) is 4.79 Å². The van der Waals surface area contributed by atoms with Crippen LogP contribution in [0, 0.1) is 0 Å². The van der Waals surface area contributed by atoms with Crippen molar-refractivity contribution < 1.29 is 19.0 Å². The van der Waals surface area contributed by atoms with Crippen LogP contribution >= 0.6 is 0 Å². The molecule has 3 aromatic rings. The number of nitrogens with one attached hydrogen (secondary N) is 1. The number of nitrogens with two attached hydrogens (primary N) is 1. The second-order valence-corrected chi connectivity index (χ2v) is 6.46. The molecule has 0 saturated heterocycles. The molecule has 3 rings (SSSR count). The Morgan fingerprint density at radius 3 is 2.57 bits per heavy atom. The standard InChI is InChI=1S/C22H26N4O4/c1-4-26-14-24-12-16(26)13-25-22(27)15-8-9-20(29-3)21(10-15)30-19-7-5-6-18(28-2)17(19)11-23/h5-10,12,14H,4,11,13,23H2,1-3H3,(H,25,27). The average Bonchev–Trinajstić information content (AvgIpc) is 3.24. The van der Waals surface area contributed by atoms with Crippen LogP contribution in [0.2, 0.25) is 0 Å². The molecule has 0 aliphatic rings. The quantitative estimate of drug-likeness (QED) is 0.562. The Kier molecular flexibility index (Phi) is 6.92. The second kappa shape index (κ2) is 9.80. The molecule has 0 radical (unpaired) electrons. The van der Waals surface area contributed by atoms with Crippen LogP contribution in [0.25, 0.3) is 0 Å². The molecule has 8 heteroatoms. The van der Waals surface area contributed by atoms with Gasteiger partial charge in [0.15, 0.2) is 11.5 Å². The lowest BCUT2D eigenvalue weighted by molar-refractivity contribution is 0.0949. The Morgan fingerprint density at radius 1 is 1.10 bits per heavy atom. The van der Waals surface area contributed by atoms with Gasteiger partial charge in [0, 0.05) is 24.8 Å². The molecule has 0 bridgehead atoms. The van der Waals surface area contributed by atoms with Crippen molar-refractivity contribution in [2.75, 3.05) is 14.2 Å². The van der Waals surface area contributed by atoms with Crippen LogP contribution in [0.4, 0.5) is 0 Å². The number of aromatic nitrogens is 2. The van der Waals surface area contributed by atoms with Gasteiger partial charge in [-0.1, -0.05) is 6.07 Å². The van der Waals surface area contributed by atoms with Crippen molar-refractivity contribution in [3.63, 3.8) is 0 Å². The molecular formula is C22H26N4O4. The summed E-state index contributed by atoms with van der Waals surface area (Å²) in [6.07, 6.45) is 3.48. The summed E-state index contributed by atoms with van der Waals surface area (Å²) in [5, 5.41) is 2.91. The van der Waals surface area contributed by atoms with E-state index in [1.165, 1.54) is 0 Å². The molecule has 158 valence electrons. The van der Waals surface area contributed by atoms with Gasteiger partial charge in [-0.15, -0.1) is 0 Å². The van der Waals surface area contributed by atoms with Crippen LogP contribution in [0.5, 0.6) is 23.0 Å². The zero-order valence-corrected chi connectivity index (χ0v) is 17.3. The van der Waals surface area contributed by atoms with E-state index in [0.29, 0.717) is 35.1 Å². The van der Waals surface area contributed by atoms with E-state index in [9.17, 15) is 4.79 Å². The summed E-state index contributed by atoms with van der Waals surface area (Å²) in [7, 11) is 3.12. The number of carbonyl (C=O) groups is 1. The van der Waals surface area contributed by atoms with Crippen molar-refractivity contribution in [2.45, 2.75) is 26.6 Å². The van der Waals surface area contributed by atoms with Crippen molar-refractivity contribution >= 4 is 5.91 Å². The number of carbonyl (C=O) groups excluding carboxylic acids is 1. The maximum Gasteiger partial charge on any atom is 0.251 e. The third kappa shape index (κ3) is 4.55. The first-order chi connectivity index (χ1) is 14.6. The number of amides is 1. The number of hydrogen-bond acceptors (Lipinski definition) is 6. The van der Waals surface area contributed by atoms with Crippen molar-refractivity contribution in [1.29, 1.82) is 0 Å². The van der Waals surface area contributed by atoms with Crippen molar-refractivity contribution in [3.05, 3.63) is 65.7 Å². The van der Waals surface area contributed by atoms with E-state index in [-0.39, 0.29) is 12.5 Å². The van der Waals surface area contributed by atoms with Crippen LogP contribution in [0.3, 0.4) is 0 Å². The first kappa shape index (κ1) is 21.2. The fourth-order valence-corrected chi connectivity index (χ4v) is 3.10. The smallest absolute Gasteiger partial charge is 0.251 e. The number of nitrogens with zero attached hydrogens (tertiary/aromatic N) is 2. The van der Waals surface area contributed by atoms with Gasteiger partial charge in [-0.2, -0.15) is 0 Å². The van der Waals surface area contributed by atoms with E-state index in [2.05, 4.69) is 10.3 Å². The molecule has 0 aliphatic carbocycles. The Bertz CT molecular complexity index is 1020. The highest BCUT2D eigenvalue weighted by atomic mass is 16.5. The molecule has 30 heavy (non-hydrogen) atoms. The van der Waals surface area contributed by atoms with E-state index in [1.54, 1.807) is 51.0 Å². The summed E-state index contributed by atoms with van der Waals surface area (Å²) in [5.74, 6) is 1.86. The second-order valence-electron chi connectivity index (χ2n) is 6.46. The van der Waals surface area contributed by atoms with Gasteiger partial charge >= 0.3 is 0 Å². The number of benzene rings is 2. The van der Waals surface area contributed by atoms with Crippen LogP contribution in [-0.4, -0.2) is 29.7 Å². The normalized spacial score (nSPS) is 10.5. The average molecular weight is 410 g/mol. The summed E-state index contributed by atoms with van der Waals surface area (Å²) in [6, 6.07) is 10.5. The Morgan fingerprint density at radius 2 is 1.87 bits per heavy atom. The molecule has 1 amide bonds. The minimum absolute atomic E-state index is 0.226. The van der Waals surface area contributed by atoms with E-state index < -0.39 is 0 Å². The van der Waals surface area contributed by atoms with Gasteiger partial charge in [-0.05, 0) is 37.3 Å². The first-order valence-electron chi connectivity index (χ1n) is 9.60. The topological polar surface area (TPSA) is 101 Å². The number of rotatable bonds is 9. The summed E-state index contributed by atoms with van der Waals surface area (Å²) in [4.78, 5) is 16.8. The zero-order valence-electron chi connectivity index (χ0n) is 17.3. The highest BCUT2D eigenvalue weighted by molar-refractivity contribution is 5.94. The zero-order chi connectivity index (χ0) is 21.5. The lowest BCUT2D eigenvalue weighted by Gasteiger charge is -2.16. The largest absolute Gasteiger partial charge is 0.496 e. The number of hydrogen-bond donors (Lipinski definition) is 2. The molecule has 2 aromatic carbocycles. The maximum absolute atomic E-state index is 12.7. The fraction of sp³-hybridized carbons (Fsp3) is 0.273. The Balaban J connectivity index is 1.82. The highest BCUT2D eigenvalue weighted by Crippen LogP contribution is 2.36. The van der Waals surface area contributed by atoms with Crippen LogP contribution in [0.1, 0.15) is 28.5 Å². The van der Waals surface area contributed by atoms with E-state index in [4.69, 9.17) is 19.9 Å². The van der Waals surface area contributed by atoms with E-state index in [1.807, 2.05) is 23.6 Å². The summed E-state index contributed by atoms with van der Waals surface area (Å²) in [6.45, 7) is 3.43. The monoisotopic (exact) mass is 410 g/mol. The molecule has 1 aromatic heterocycles. The Labute approximate surface area is 175 Å². The summed E-state index contributed by atoms with van der Waals surface area (Å²) < 4.78 is 18.8. The number of ether oxygens (including phenoxy) is 3. The van der Waals surface area contributed by atoms with Gasteiger partial charge < -0.3 is 29.8 Å². The minimum atomic E-state index is -0.226. The van der Waals surface area contributed by atoms with E-state index in [0.717, 1.165) is 17.8 Å². The molecule has 0 atom stereocenters. The molecule has 0 unspecified atom stereocenters. The van der Waals surface area contributed by atoms with Gasteiger partial charge in [0.25, 0.3) is 5.91 Å². The summed E-state index contributed by atoms with van der Waals surface area (Å²) in [5.41, 5.74) is 7.98. The SMILES string of the molecule is CCn1cncc1CNC(=O)c1ccc(OC)c(Oc2cccc(OC)c2CN)c1. The van der Waals surface area contributed by atoms with Gasteiger partial charge in [0.1, 0.15) is 11.5 Å². The third-order valence-corrected chi connectivity index (χ3v) is 4.73. The molecule has 0 aliphatic heterocycles. The first-order valence-corrected chi connectivity index (χ1v) is 9.60. The predicted octanol–water partition coefficient (Wildman–Crippen LogP) is 3.10. The highest BCUT2D eigenvalue weighted by Gasteiger charge is 2.15. The van der Waals surface area contributed by atoms with Crippen LogP contribution < -0.4 is 25.3 Å². The van der Waals surface area contributed by atoms with Gasteiger partial charge in [-0.25, -0.2) is 4.98 Å². The maximum atomic E-state index is 12.7. The molecule has 1 heterocycles. The van der Waals surface area contributed by atoms with Crippen LogP contribution in [-0.2, 0) is 19.6 Å². The molecule has 8 nitrogen and oxygen atoms in total. The van der Waals surface area contributed by atoms with Crippen LogP contribution in [0.15, 0.2) is 48.9 Å². The molecule has 0 fully saturated rings. The Hall–Kier alpha value is -3.52. The van der Waals surface area contributed by atoms with Crippen molar-refractivity contribution in [1.82, 2.24) is 14.9 Å². The number of methoxy groups -OCH3 is 2. The number of aryl methyl sites for hydroxylation is 1. The van der Waals surface area contributed by atoms with Crippen molar-refractivity contribution in [2.24, 2.45) is 5.73 Å². The van der Waals surface area contributed by atoms with Crippen molar-refractivity contribution in [3.8, 4) is 23.0 Å². The van der Waals surface area contributed by atoms with Gasteiger partial charge in [0.2, 0.25) is 0 Å². The van der Waals surface area contributed by atoms with Gasteiger partial charge in [0.05, 0.1) is 38.3 Å². The lowest BCUT2D eigenvalue weighted by atomic mass is 10.1. The van der Waals surface area contributed by atoms with E-state index >= 15 is 0 Å². The molecule has 0 saturated carbocycles. The minimum Gasteiger partial charge on any atom is -0.496 e. The lowest BCUT2D eigenvalue weighted by Crippen LogP contribution is -2.24. The molecule has 0 spiro atoms. The number of imidazole rings is 1. The molecule has 3 N–H and O–H groups in total. The summed E-state index contributed by atoms with van der Waals surface area (Å²) >= 11 is 0.